The van der Waals surface area contributed by atoms with E-state index in [0.717, 1.165) is 0 Å². The van der Waals surface area contributed by atoms with Crippen molar-refractivity contribution in [2.75, 3.05) is 6.61 Å². The minimum absolute atomic E-state index is 0.390. The Labute approximate surface area is 50.0 Å². The van der Waals surface area contributed by atoms with Crippen LogP contribution in [0.5, 0.6) is 0 Å². The third kappa shape index (κ3) is 2.96. The standard InChI is InChI=1S/C5H13N2O/c1-3-5(6,7)8-4-2/h1,3-4,6-7H2,2H3. The molecular formula is C5H13N2O. The molecule has 0 unspecified atom stereocenters. The molecule has 49 valence electrons. The first-order valence-corrected chi connectivity index (χ1v) is 2.63. The molecule has 0 atom stereocenters. The van der Waals surface area contributed by atoms with E-state index in [1.54, 1.807) is 0 Å². The summed E-state index contributed by atoms with van der Waals surface area (Å²) in [6, 6.07) is 0. The minimum Gasteiger partial charge on any atom is -0.348 e. The monoisotopic (exact) mass is 117 g/mol. The maximum absolute atomic E-state index is 5.32. The summed E-state index contributed by atoms with van der Waals surface area (Å²) in [5, 5.41) is 0. The SMILES string of the molecule is [CH2]CC(N)(N)OCC. The average Bonchev–Trinajstić information content (AvgIpc) is 1.67. The third-order valence-corrected chi connectivity index (χ3v) is 0.804. The molecule has 0 heterocycles. The van der Waals surface area contributed by atoms with E-state index in [-0.39, 0.29) is 0 Å². The summed E-state index contributed by atoms with van der Waals surface area (Å²) >= 11 is 0. The summed E-state index contributed by atoms with van der Waals surface area (Å²) in [6.07, 6.45) is 0.390. The van der Waals surface area contributed by atoms with Crippen molar-refractivity contribution >= 4 is 0 Å². The van der Waals surface area contributed by atoms with Gasteiger partial charge in [0.15, 0.2) is 5.85 Å². The largest absolute Gasteiger partial charge is 0.348 e. The van der Waals surface area contributed by atoms with Gasteiger partial charge in [0, 0.05) is 13.0 Å². The number of rotatable bonds is 3. The number of hydrogen-bond donors (Lipinski definition) is 2. The van der Waals surface area contributed by atoms with Gasteiger partial charge < -0.3 is 4.74 Å². The van der Waals surface area contributed by atoms with Gasteiger partial charge in [-0.05, 0) is 13.8 Å². The molecule has 0 aromatic rings. The number of hydrogen-bond acceptors (Lipinski definition) is 3. The molecule has 0 aliphatic rings. The van der Waals surface area contributed by atoms with Crippen LogP contribution in [0.3, 0.4) is 0 Å². The van der Waals surface area contributed by atoms with E-state index < -0.39 is 5.85 Å². The molecule has 1 radical (unpaired) electrons. The van der Waals surface area contributed by atoms with Crippen LogP contribution < -0.4 is 11.5 Å². The summed E-state index contributed by atoms with van der Waals surface area (Å²) in [5.74, 6) is -1.02. The van der Waals surface area contributed by atoms with Gasteiger partial charge in [-0.2, -0.15) is 0 Å². The molecule has 4 N–H and O–H groups in total. The van der Waals surface area contributed by atoms with Gasteiger partial charge in [0.1, 0.15) is 0 Å². The normalized spacial score (nSPS) is 12.0. The van der Waals surface area contributed by atoms with Gasteiger partial charge in [0.25, 0.3) is 0 Å². The summed E-state index contributed by atoms with van der Waals surface area (Å²) in [4.78, 5) is 0. The van der Waals surface area contributed by atoms with E-state index >= 15 is 0 Å². The van der Waals surface area contributed by atoms with E-state index in [1.165, 1.54) is 0 Å². The van der Waals surface area contributed by atoms with Gasteiger partial charge in [0.2, 0.25) is 0 Å². The molecule has 0 amide bonds. The van der Waals surface area contributed by atoms with Crippen LogP contribution in [0.25, 0.3) is 0 Å². The molecule has 0 aromatic heterocycles. The summed E-state index contributed by atoms with van der Waals surface area (Å²) in [7, 11) is 0. The molecule has 0 saturated carbocycles. The Kier molecular flexibility index (Phi) is 2.97. The fraction of sp³-hybridized carbons (Fsp3) is 0.800. The topological polar surface area (TPSA) is 61.3 Å². The molecule has 0 fully saturated rings. The van der Waals surface area contributed by atoms with Gasteiger partial charge in [-0.3, -0.25) is 11.5 Å². The third-order valence-electron chi connectivity index (χ3n) is 0.804. The van der Waals surface area contributed by atoms with Crippen molar-refractivity contribution in [1.82, 2.24) is 0 Å². The first-order chi connectivity index (χ1) is 3.62. The molecular weight excluding hydrogens is 104 g/mol. The van der Waals surface area contributed by atoms with Gasteiger partial charge in [-0.1, -0.05) is 0 Å². The highest BCUT2D eigenvalue weighted by atomic mass is 16.5. The van der Waals surface area contributed by atoms with Gasteiger partial charge >= 0.3 is 0 Å². The lowest BCUT2D eigenvalue weighted by atomic mass is 10.3. The quantitative estimate of drug-likeness (QED) is 0.504. The van der Waals surface area contributed by atoms with Crippen molar-refractivity contribution in [2.24, 2.45) is 11.5 Å². The number of nitrogens with two attached hydrogens (primary N) is 2. The lowest BCUT2D eigenvalue weighted by Gasteiger charge is -2.21. The lowest BCUT2D eigenvalue weighted by molar-refractivity contribution is -0.0279. The van der Waals surface area contributed by atoms with E-state index in [1.807, 2.05) is 6.92 Å². The summed E-state index contributed by atoms with van der Waals surface area (Å²) < 4.78 is 4.87. The fourth-order valence-electron chi connectivity index (χ4n) is 0.341. The predicted molar refractivity (Wildman–Crippen MR) is 32.7 cm³/mol. The number of ether oxygens (including phenoxy) is 1. The summed E-state index contributed by atoms with van der Waals surface area (Å²) in [5.41, 5.74) is 10.6. The molecule has 0 rings (SSSR count). The molecule has 0 spiro atoms. The van der Waals surface area contributed by atoms with Crippen molar-refractivity contribution in [3.8, 4) is 0 Å². The highest BCUT2D eigenvalue weighted by Gasteiger charge is 2.13. The Balaban J connectivity index is 3.37. The van der Waals surface area contributed by atoms with Crippen molar-refractivity contribution in [1.29, 1.82) is 0 Å². The zero-order valence-electron chi connectivity index (χ0n) is 5.18. The van der Waals surface area contributed by atoms with E-state index in [9.17, 15) is 0 Å². The van der Waals surface area contributed by atoms with Crippen LogP contribution >= 0.6 is 0 Å². The van der Waals surface area contributed by atoms with Gasteiger partial charge in [-0.25, -0.2) is 0 Å². The van der Waals surface area contributed by atoms with Crippen LogP contribution in [-0.4, -0.2) is 12.5 Å². The van der Waals surface area contributed by atoms with Gasteiger partial charge in [-0.15, -0.1) is 0 Å². The van der Waals surface area contributed by atoms with Crippen molar-refractivity contribution < 1.29 is 4.74 Å². The second kappa shape index (κ2) is 3.02. The van der Waals surface area contributed by atoms with Crippen LogP contribution in [-0.2, 0) is 4.74 Å². The zero-order valence-corrected chi connectivity index (χ0v) is 5.18. The van der Waals surface area contributed by atoms with Crippen molar-refractivity contribution in [3.05, 3.63) is 6.92 Å². The second-order valence-corrected chi connectivity index (χ2v) is 1.64. The molecule has 0 aliphatic carbocycles. The highest BCUT2D eigenvalue weighted by Crippen LogP contribution is 1.96. The second-order valence-electron chi connectivity index (χ2n) is 1.64. The highest BCUT2D eigenvalue weighted by molar-refractivity contribution is 4.64. The average molecular weight is 117 g/mol. The molecule has 0 saturated heterocycles. The van der Waals surface area contributed by atoms with E-state index in [2.05, 4.69) is 6.92 Å². The minimum atomic E-state index is -1.02. The van der Waals surface area contributed by atoms with Crippen LogP contribution in [0.4, 0.5) is 0 Å². The molecule has 0 aliphatic heterocycles. The molecule has 3 heteroatoms. The molecule has 0 bridgehead atoms. The Bertz CT molecular complexity index is 63.4. The molecule has 0 aromatic carbocycles. The predicted octanol–water partition coefficient (Wildman–Crippen LogP) is -0.182. The smallest absolute Gasteiger partial charge is 0.169 e. The maximum Gasteiger partial charge on any atom is 0.169 e. The summed E-state index contributed by atoms with van der Waals surface area (Å²) in [6.45, 7) is 5.87. The van der Waals surface area contributed by atoms with E-state index in [0.29, 0.717) is 13.0 Å². The Hall–Kier alpha value is -0.120. The van der Waals surface area contributed by atoms with Crippen molar-refractivity contribution in [2.45, 2.75) is 19.2 Å². The molecule has 8 heavy (non-hydrogen) atoms. The van der Waals surface area contributed by atoms with Crippen LogP contribution in [0.2, 0.25) is 0 Å². The Morgan fingerprint density at radius 3 is 2.25 bits per heavy atom. The van der Waals surface area contributed by atoms with Crippen LogP contribution in [0.1, 0.15) is 13.3 Å². The molecule has 3 nitrogen and oxygen atoms in total. The van der Waals surface area contributed by atoms with Gasteiger partial charge in [0.05, 0.1) is 0 Å². The Morgan fingerprint density at radius 2 is 2.12 bits per heavy atom. The Morgan fingerprint density at radius 1 is 1.62 bits per heavy atom. The van der Waals surface area contributed by atoms with Crippen molar-refractivity contribution in [3.63, 3.8) is 0 Å². The maximum atomic E-state index is 5.32. The zero-order chi connectivity index (χ0) is 6.62. The van der Waals surface area contributed by atoms with E-state index in [4.69, 9.17) is 16.2 Å². The fourth-order valence-corrected chi connectivity index (χ4v) is 0.341. The van der Waals surface area contributed by atoms with Crippen LogP contribution in [0.15, 0.2) is 0 Å². The first-order valence-electron chi connectivity index (χ1n) is 2.63. The lowest BCUT2D eigenvalue weighted by Crippen LogP contribution is -2.51. The first kappa shape index (κ1) is 7.88. The van der Waals surface area contributed by atoms with Crippen LogP contribution in [0, 0.1) is 6.92 Å².